The summed E-state index contributed by atoms with van der Waals surface area (Å²) in [6.45, 7) is 2.04. The second-order valence-electron chi connectivity index (χ2n) is 4.02. The summed E-state index contributed by atoms with van der Waals surface area (Å²) in [5, 5.41) is 6.60. The number of hydrogen-bond donors (Lipinski definition) is 0. The Morgan fingerprint density at radius 1 is 1.32 bits per heavy atom. The predicted molar refractivity (Wildman–Crippen MR) is 64.5 cm³/mol. The van der Waals surface area contributed by atoms with Gasteiger partial charge in [-0.1, -0.05) is 24.9 Å². The van der Waals surface area contributed by atoms with Crippen LogP contribution in [0.25, 0.3) is 0 Å². The zero-order chi connectivity index (χ0) is 14.3. The molecule has 1 aromatic rings. The van der Waals surface area contributed by atoms with Crippen molar-refractivity contribution in [3.63, 3.8) is 0 Å². The van der Waals surface area contributed by atoms with Crippen molar-refractivity contribution < 1.29 is 21.6 Å². The highest BCUT2D eigenvalue weighted by Gasteiger charge is 2.21. The average Bonchev–Trinajstić information content (AvgIpc) is 2.78. The highest BCUT2D eigenvalue weighted by atomic mass is 32.2. The van der Waals surface area contributed by atoms with Crippen LogP contribution in [-0.4, -0.2) is 24.4 Å². The van der Waals surface area contributed by atoms with Crippen LogP contribution < -0.4 is 0 Å². The zero-order valence-electron chi connectivity index (χ0n) is 10.6. The van der Waals surface area contributed by atoms with Crippen molar-refractivity contribution in [3.8, 4) is 0 Å². The fourth-order valence-electron chi connectivity index (χ4n) is 1.40. The number of sulfone groups is 1. The Hall–Kier alpha value is -1.31. The lowest BCUT2D eigenvalue weighted by atomic mass is 10.2. The maximum absolute atomic E-state index is 11.8. The number of allylic oxidation sites excluding steroid dienone is 1. The van der Waals surface area contributed by atoms with Crippen molar-refractivity contribution in [2.75, 3.05) is 5.75 Å². The van der Waals surface area contributed by atoms with E-state index in [1.54, 1.807) is 0 Å². The van der Waals surface area contributed by atoms with E-state index in [4.69, 9.17) is 4.42 Å². The van der Waals surface area contributed by atoms with Crippen molar-refractivity contribution in [3.05, 3.63) is 18.0 Å². The second kappa shape index (κ2) is 7.32. The van der Waals surface area contributed by atoms with Crippen molar-refractivity contribution >= 4 is 9.84 Å². The lowest BCUT2D eigenvalue weighted by molar-refractivity contribution is 0.391. The van der Waals surface area contributed by atoms with Gasteiger partial charge in [-0.3, -0.25) is 0 Å². The van der Waals surface area contributed by atoms with Crippen LogP contribution in [-0.2, 0) is 16.3 Å². The molecule has 0 N–H and O–H groups in total. The van der Waals surface area contributed by atoms with E-state index in [1.807, 2.05) is 6.92 Å². The molecular formula is C11H16F2N2O3S. The number of halogens is 2. The summed E-state index contributed by atoms with van der Waals surface area (Å²) in [4.78, 5) is 0. The number of rotatable bonds is 8. The minimum Gasteiger partial charge on any atom is -0.413 e. The molecule has 108 valence electrons. The molecule has 8 heteroatoms. The van der Waals surface area contributed by atoms with E-state index < -0.39 is 26.9 Å². The third-order valence-corrected chi connectivity index (χ3v) is 3.86. The number of aryl methyl sites for hydroxylation is 1. The van der Waals surface area contributed by atoms with E-state index in [9.17, 15) is 17.2 Å². The van der Waals surface area contributed by atoms with Crippen LogP contribution in [0.15, 0.2) is 21.8 Å². The normalized spacial score (nSPS) is 11.5. The Morgan fingerprint density at radius 3 is 2.68 bits per heavy atom. The molecule has 0 atom stereocenters. The van der Waals surface area contributed by atoms with Gasteiger partial charge in [0.1, 0.15) is 0 Å². The third-order valence-electron chi connectivity index (χ3n) is 2.39. The molecule has 0 saturated heterocycles. The number of unbranched alkanes of at least 4 members (excludes halogenated alkanes) is 2. The first-order valence-corrected chi connectivity index (χ1v) is 7.67. The summed E-state index contributed by atoms with van der Waals surface area (Å²) in [5.74, 6) is -0.208. The Bertz CT molecular complexity index is 522. The number of aromatic nitrogens is 2. The first-order chi connectivity index (χ1) is 8.95. The molecule has 0 aliphatic rings. The van der Waals surface area contributed by atoms with Gasteiger partial charge in [0.15, 0.2) is 0 Å². The van der Waals surface area contributed by atoms with Crippen molar-refractivity contribution in [2.24, 2.45) is 0 Å². The van der Waals surface area contributed by atoms with Gasteiger partial charge in [-0.05, 0) is 18.9 Å². The van der Waals surface area contributed by atoms with Gasteiger partial charge < -0.3 is 4.42 Å². The van der Waals surface area contributed by atoms with Crippen molar-refractivity contribution in [2.45, 2.75) is 44.3 Å². The highest BCUT2D eigenvalue weighted by Crippen LogP contribution is 2.13. The van der Waals surface area contributed by atoms with Gasteiger partial charge in [0.25, 0.3) is 6.08 Å². The number of hydrogen-bond acceptors (Lipinski definition) is 5. The maximum atomic E-state index is 11.8. The molecule has 19 heavy (non-hydrogen) atoms. The molecule has 0 aliphatic carbocycles. The molecule has 0 aromatic carbocycles. The molecular weight excluding hydrogens is 278 g/mol. The van der Waals surface area contributed by atoms with Gasteiger partial charge in [0.05, 0.1) is 5.75 Å². The lowest BCUT2D eigenvalue weighted by Gasteiger charge is -1.96. The van der Waals surface area contributed by atoms with Gasteiger partial charge in [0, 0.05) is 6.42 Å². The Labute approximate surface area is 110 Å². The molecule has 0 spiro atoms. The van der Waals surface area contributed by atoms with Crippen LogP contribution in [0.4, 0.5) is 8.78 Å². The Balaban J connectivity index is 2.61. The smallest absolute Gasteiger partial charge is 0.335 e. The van der Waals surface area contributed by atoms with Gasteiger partial charge in [0.2, 0.25) is 15.7 Å². The predicted octanol–water partition coefficient (Wildman–Crippen LogP) is 2.75. The molecule has 1 rings (SSSR count). The summed E-state index contributed by atoms with van der Waals surface area (Å²) < 4.78 is 52.0. The summed E-state index contributed by atoms with van der Waals surface area (Å²) >= 11 is 0. The molecule has 0 amide bonds. The van der Waals surface area contributed by atoms with Crippen LogP contribution in [0.5, 0.6) is 0 Å². The molecule has 0 aliphatic heterocycles. The molecule has 0 unspecified atom stereocenters. The highest BCUT2D eigenvalue weighted by molar-refractivity contribution is 7.91. The first kappa shape index (κ1) is 15.7. The summed E-state index contributed by atoms with van der Waals surface area (Å²) in [6, 6.07) is 0. The largest absolute Gasteiger partial charge is 0.413 e. The topological polar surface area (TPSA) is 73.1 Å². The average molecular weight is 294 g/mol. The fraction of sp³-hybridized carbons (Fsp3) is 0.636. The van der Waals surface area contributed by atoms with Crippen LogP contribution in [0.2, 0.25) is 0 Å². The first-order valence-electron chi connectivity index (χ1n) is 6.02. The molecule has 1 aromatic heterocycles. The SMILES string of the molecule is CCCCCc1nnc(S(=O)(=O)CCC=C(F)F)o1. The molecule has 0 bridgehead atoms. The van der Waals surface area contributed by atoms with Gasteiger partial charge in [-0.15, -0.1) is 5.10 Å². The van der Waals surface area contributed by atoms with Crippen molar-refractivity contribution in [1.82, 2.24) is 10.2 Å². The molecule has 0 radical (unpaired) electrons. The second-order valence-corrected chi connectivity index (χ2v) is 6.01. The maximum Gasteiger partial charge on any atom is 0.335 e. The van der Waals surface area contributed by atoms with E-state index >= 15 is 0 Å². The summed E-state index contributed by atoms with van der Waals surface area (Å²) in [7, 11) is -3.78. The number of nitrogens with zero attached hydrogens (tertiary/aromatic N) is 2. The molecule has 5 nitrogen and oxygen atoms in total. The quantitative estimate of drug-likeness (QED) is 0.689. The standard InChI is InChI=1S/C11H16F2N2O3S/c1-2-3-4-7-10-14-15-11(18-10)19(16,17)8-5-6-9(12)13/h6H,2-5,7-8H2,1H3. The van der Waals surface area contributed by atoms with Crippen LogP contribution in [0.1, 0.15) is 38.5 Å². The van der Waals surface area contributed by atoms with E-state index in [0.717, 1.165) is 19.3 Å². The fourth-order valence-corrected chi connectivity index (χ4v) is 2.39. The van der Waals surface area contributed by atoms with E-state index in [0.29, 0.717) is 12.5 Å². The van der Waals surface area contributed by atoms with Gasteiger partial charge >= 0.3 is 5.22 Å². The van der Waals surface area contributed by atoms with Crippen LogP contribution in [0, 0.1) is 0 Å². The van der Waals surface area contributed by atoms with E-state index in [1.165, 1.54) is 0 Å². The van der Waals surface area contributed by atoms with Crippen LogP contribution in [0.3, 0.4) is 0 Å². The molecule has 0 fully saturated rings. The van der Waals surface area contributed by atoms with E-state index in [-0.39, 0.29) is 12.3 Å². The zero-order valence-corrected chi connectivity index (χ0v) is 11.4. The monoisotopic (exact) mass is 294 g/mol. The van der Waals surface area contributed by atoms with Crippen LogP contribution >= 0.6 is 0 Å². The Kier molecular flexibility index (Phi) is 6.07. The lowest BCUT2D eigenvalue weighted by Crippen LogP contribution is -2.06. The third kappa shape index (κ3) is 5.46. The Morgan fingerprint density at radius 2 is 2.05 bits per heavy atom. The van der Waals surface area contributed by atoms with Crippen molar-refractivity contribution in [1.29, 1.82) is 0 Å². The van der Waals surface area contributed by atoms with Gasteiger partial charge in [-0.25, -0.2) is 8.42 Å². The van der Waals surface area contributed by atoms with Gasteiger partial charge in [-0.2, -0.15) is 8.78 Å². The summed E-state index contributed by atoms with van der Waals surface area (Å²) in [6.07, 6.45) is 1.75. The minimum atomic E-state index is -3.78. The summed E-state index contributed by atoms with van der Waals surface area (Å²) in [5.41, 5.74) is 0. The van der Waals surface area contributed by atoms with E-state index in [2.05, 4.69) is 10.2 Å². The minimum absolute atomic E-state index is 0.263. The molecule has 0 saturated carbocycles. The molecule has 1 heterocycles.